The summed E-state index contributed by atoms with van der Waals surface area (Å²) in [6, 6.07) is 0. The summed E-state index contributed by atoms with van der Waals surface area (Å²) < 4.78 is 1.67. The molecule has 1 aliphatic heterocycles. The van der Waals surface area contributed by atoms with Crippen LogP contribution in [0.2, 0.25) is 0 Å². The van der Waals surface area contributed by atoms with Crippen LogP contribution in [0.5, 0.6) is 0 Å². The minimum atomic E-state index is -0.470. The molecule has 0 aromatic carbocycles. The summed E-state index contributed by atoms with van der Waals surface area (Å²) in [7, 11) is 0. The van der Waals surface area contributed by atoms with Crippen LogP contribution in [-0.2, 0) is 11.8 Å². The molecule has 2 heterocycles. The van der Waals surface area contributed by atoms with Crippen molar-refractivity contribution in [2.45, 2.75) is 51.7 Å². The minimum Gasteiger partial charge on any atom is -0.372 e. The summed E-state index contributed by atoms with van der Waals surface area (Å²) in [6.45, 7) is 6.25. The summed E-state index contributed by atoms with van der Waals surface area (Å²) in [4.78, 5) is 4.46. The van der Waals surface area contributed by atoms with E-state index in [2.05, 4.69) is 30.9 Å². The fourth-order valence-electron chi connectivity index (χ4n) is 1.65. The van der Waals surface area contributed by atoms with Gasteiger partial charge in [0.1, 0.15) is 12.1 Å². The van der Waals surface area contributed by atoms with Crippen LogP contribution in [0.15, 0.2) is 0 Å². The van der Waals surface area contributed by atoms with Crippen molar-refractivity contribution in [1.82, 2.24) is 14.8 Å². The lowest BCUT2D eigenvalue weighted by Crippen LogP contribution is -2.19. The summed E-state index contributed by atoms with van der Waals surface area (Å²) in [5, 5.41) is 14.1. The molecule has 1 unspecified atom stereocenters. The zero-order valence-electron chi connectivity index (χ0n) is 8.99. The van der Waals surface area contributed by atoms with Gasteiger partial charge in [-0.3, -0.25) is 0 Å². The molecule has 0 amide bonds. The third-order valence-corrected chi connectivity index (χ3v) is 2.52. The van der Waals surface area contributed by atoms with Gasteiger partial charge in [-0.1, -0.05) is 20.8 Å². The molecule has 4 heteroatoms. The highest BCUT2D eigenvalue weighted by atomic mass is 16.3. The van der Waals surface area contributed by atoms with Gasteiger partial charge in [0.2, 0.25) is 0 Å². The maximum absolute atomic E-state index is 9.70. The van der Waals surface area contributed by atoms with Crippen molar-refractivity contribution in [3.63, 3.8) is 0 Å². The highest BCUT2D eigenvalue weighted by Crippen LogP contribution is 2.25. The van der Waals surface area contributed by atoms with E-state index in [0.29, 0.717) is 0 Å². The Hall–Kier alpha value is -0.900. The molecule has 0 bridgehead atoms. The molecular formula is C10H17N3O. The molecule has 2 rings (SSSR count). The molecule has 0 radical (unpaired) electrons. The second-order valence-electron chi connectivity index (χ2n) is 4.92. The van der Waals surface area contributed by atoms with Gasteiger partial charge in [-0.05, 0) is 12.8 Å². The van der Waals surface area contributed by atoms with Crippen molar-refractivity contribution >= 4 is 0 Å². The van der Waals surface area contributed by atoms with Crippen LogP contribution in [0.1, 0.15) is 51.5 Å². The molecule has 1 atom stereocenters. The Morgan fingerprint density at radius 2 is 2.14 bits per heavy atom. The normalized spacial score (nSPS) is 22.1. The first-order chi connectivity index (χ1) is 6.48. The second kappa shape index (κ2) is 3.05. The Kier molecular flexibility index (Phi) is 2.10. The molecule has 14 heavy (non-hydrogen) atoms. The van der Waals surface area contributed by atoms with Gasteiger partial charge in [0, 0.05) is 11.8 Å². The average molecular weight is 195 g/mol. The first kappa shape index (κ1) is 9.65. The standard InChI is InChI=1S/C10H17N3O/c1-10(2,3)9-11-7-5-4-6-8(14)13(7)12-9/h8,14H,4-6H2,1-3H3. The number of aromatic nitrogens is 3. The van der Waals surface area contributed by atoms with Gasteiger partial charge in [-0.25, -0.2) is 9.67 Å². The monoisotopic (exact) mass is 195 g/mol. The zero-order valence-corrected chi connectivity index (χ0v) is 8.99. The van der Waals surface area contributed by atoms with Crippen molar-refractivity contribution in [3.05, 3.63) is 11.6 Å². The topological polar surface area (TPSA) is 50.9 Å². The van der Waals surface area contributed by atoms with Crippen molar-refractivity contribution in [2.75, 3.05) is 0 Å². The number of rotatable bonds is 0. The van der Waals surface area contributed by atoms with E-state index in [-0.39, 0.29) is 5.41 Å². The number of hydrogen-bond acceptors (Lipinski definition) is 3. The first-order valence-corrected chi connectivity index (χ1v) is 5.12. The molecule has 0 aliphatic carbocycles. The van der Waals surface area contributed by atoms with E-state index < -0.39 is 6.23 Å². The molecule has 0 saturated carbocycles. The van der Waals surface area contributed by atoms with Crippen molar-refractivity contribution in [1.29, 1.82) is 0 Å². The van der Waals surface area contributed by atoms with Crippen LogP contribution in [0.4, 0.5) is 0 Å². The second-order valence-corrected chi connectivity index (χ2v) is 4.92. The van der Waals surface area contributed by atoms with Gasteiger partial charge in [0.05, 0.1) is 0 Å². The Morgan fingerprint density at radius 3 is 2.71 bits per heavy atom. The quantitative estimate of drug-likeness (QED) is 0.680. The van der Waals surface area contributed by atoms with Gasteiger partial charge in [0.25, 0.3) is 0 Å². The van der Waals surface area contributed by atoms with Crippen molar-refractivity contribution in [3.8, 4) is 0 Å². The Balaban J connectivity index is 2.40. The Bertz CT molecular complexity index is 338. The summed E-state index contributed by atoms with van der Waals surface area (Å²) in [5.74, 6) is 1.75. The van der Waals surface area contributed by atoms with Gasteiger partial charge in [-0.15, -0.1) is 0 Å². The van der Waals surface area contributed by atoms with Gasteiger partial charge >= 0.3 is 0 Å². The number of fused-ring (bicyclic) bond motifs is 1. The van der Waals surface area contributed by atoms with Gasteiger partial charge in [-0.2, -0.15) is 5.10 Å². The predicted molar refractivity (Wildman–Crippen MR) is 52.9 cm³/mol. The molecule has 0 spiro atoms. The van der Waals surface area contributed by atoms with Crippen molar-refractivity contribution < 1.29 is 5.11 Å². The van der Waals surface area contributed by atoms with E-state index in [1.54, 1.807) is 4.68 Å². The van der Waals surface area contributed by atoms with E-state index in [0.717, 1.165) is 30.9 Å². The third kappa shape index (κ3) is 1.54. The Labute approximate surface area is 84.0 Å². The minimum absolute atomic E-state index is 0.0376. The van der Waals surface area contributed by atoms with Crippen LogP contribution in [0.3, 0.4) is 0 Å². The lowest BCUT2D eigenvalue weighted by Gasteiger charge is -2.17. The number of nitrogens with zero attached hydrogens (tertiary/aromatic N) is 3. The maximum atomic E-state index is 9.70. The van der Waals surface area contributed by atoms with Crippen LogP contribution >= 0.6 is 0 Å². The first-order valence-electron chi connectivity index (χ1n) is 5.12. The van der Waals surface area contributed by atoms with E-state index in [1.165, 1.54) is 0 Å². The fraction of sp³-hybridized carbons (Fsp3) is 0.800. The third-order valence-electron chi connectivity index (χ3n) is 2.52. The summed E-state index contributed by atoms with van der Waals surface area (Å²) >= 11 is 0. The van der Waals surface area contributed by atoms with Gasteiger partial charge in [0.15, 0.2) is 5.82 Å². The largest absolute Gasteiger partial charge is 0.372 e. The number of aliphatic hydroxyl groups is 1. The summed E-state index contributed by atoms with van der Waals surface area (Å²) in [5.41, 5.74) is -0.0376. The van der Waals surface area contributed by atoms with Crippen LogP contribution in [0.25, 0.3) is 0 Å². The molecule has 1 aromatic rings. The highest BCUT2D eigenvalue weighted by Gasteiger charge is 2.26. The molecular weight excluding hydrogens is 178 g/mol. The van der Waals surface area contributed by atoms with E-state index in [4.69, 9.17) is 0 Å². The average Bonchev–Trinajstić information content (AvgIpc) is 2.48. The molecule has 1 N–H and O–H groups in total. The van der Waals surface area contributed by atoms with Crippen LogP contribution < -0.4 is 0 Å². The van der Waals surface area contributed by atoms with Crippen molar-refractivity contribution in [2.24, 2.45) is 0 Å². The lowest BCUT2D eigenvalue weighted by atomic mass is 9.96. The smallest absolute Gasteiger partial charge is 0.156 e. The van der Waals surface area contributed by atoms with E-state index in [9.17, 15) is 5.11 Å². The fourth-order valence-corrected chi connectivity index (χ4v) is 1.65. The lowest BCUT2D eigenvalue weighted by molar-refractivity contribution is 0.0641. The van der Waals surface area contributed by atoms with Crippen LogP contribution in [-0.4, -0.2) is 19.9 Å². The molecule has 4 nitrogen and oxygen atoms in total. The van der Waals surface area contributed by atoms with Crippen LogP contribution in [0, 0.1) is 0 Å². The molecule has 0 saturated heterocycles. The maximum Gasteiger partial charge on any atom is 0.156 e. The highest BCUT2D eigenvalue weighted by molar-refractivity contribution is 5.05. The molecule has 1 aromatic heterocycles. The Morgan fingerprint density at radius 1 is 1.43 bits per heavy atom. The number of aryl methyl sites for hydroxylation is 1. The molecule has 0 fully saturated rings. The van der Waals surface area contributed by atoms with E-state index >= 15 is 0 Å². The number of aliphatic hydroxyl groups excluding tert-OH is 1. The number of hydrogen-bond donors (Lipinski definition) is 1. The van der Waals surface area contributed by atoms with E-state index in [1.807, 2.05) is 0 Å². The van der Waals surface area contributed by atoms with Gasteiger partial charge < -0.3 is 5.11 Å². The predicted octanol–water partition coefficient (Wildman–Crippen LogP) is 1.40. The molecule has 1 aliphatic rings. The zero-order chi connectivity index (χ0) is 10.3. The SMILES string of the molecule is CC(C)(C)c1nc2n(n1)C(O)CCC2. The summed E-state index contributed by atoms with van der Waals surface area (Å²) in [6.07, 6.45) is 2.26. The molecule has 78 valence electrons.